The van der Waals surface area contributed by atoms with E-state index in [2.05, 4.69) is 28.9 Å². The largest absolute Gasteiger partial charge is 0.396 e. The molecule has 18 heavy (non-hydrogen) atoms. The zero-order chi connectivity index (χ0) is 12.4. The monoisotopic (exact) mass is 278 g/mol. The Balaban J connectivity index is 2.05. The first-order valence-corrected chi connectivity index (χ1v) is 7.82. The van der Waals surface area contributed by atoms with Gasteiger partial charge in [0.25, 0.3) is 0 Å². The average molecular weight is 278 g/mol. The summed E-state index contributed by atoms with van der Waals surface area (Å²) < 4.78 is 0. The molecule has 0 amide bonds. The topological polar surface area (TPSA) is 45.2 Å². The van der Waals surface area contributed by atoms with E-state index in [1.807, 2.05) is 0 Å². The number of hydrogen-bond donors (Lipinski definition) is 2. The number of hydrogen-bond acceptors (Lipinski definition) is 5. The second kappa shape index (κ2) is 5.30. The zero-order valence-electron chi connectivity index (χ0n) is 9.85. The molecule has 2 aromatic rings. The summed E-state index contributed by atoms with van der Waals surface area (Å²) in [5.41, 5.74) is 2.39. The van der Waals surface area contributed by atoms with Crippen LogP contribution in [0.4, 0.5) is 5.69 Å². The fourth-order valence-electron chi connectivity index (χ4n) is 2.01. The van der Waals surface area contributed by atoms with E-state index in [-0.39, 0.29) is 6.61 Å². The van der Waals surface area contributed by atoms with Crippen LogP contribution in [-0.4, -0.2) is 29.0 Å². The highest BCUT2D eigenvalue weighted by Crippen LogP contribution is 2.37. The highest BCUT2D eigenvalue weighted by atomic mass is 32.2. The van der Waals surface area contributed by atoms with Crippen LogP contribution >= 0.6 is 23.1 Å². The standard InChI is InChI=1S/C13H14N2OS2/c16-6-2-7-17-12-9-3-1-5-14-11(9)10-4-8-18-13(10)15-12/h1,3-4,8,14,16H,2,5-7H2. The van der Waals surface area contributed by atoms with Gasteiger partial charge in [0.1, 0.15) is 9.86 Å². The minimum absolute atomic E-state index is 0.241. The summed E-state index contributed by atoms with van der Waals surface area (Å²) in [4.78, 5) is 5.82. The zero-order valence-corrected chi connectivity index (χ0v) is 11.5. The smallest absolute Gasteiger partial charge is 0.126 e. The predicted molar refractivity (Wildman–Crippen MR) is 79.6 cm³/mol. The van der Waals surface area contributed by atoms with Crippen molar-refractivity contribution in [2.24, 2.45) is 0 Å². The summed E-state index contributed by atoms with van der Waals surface area (Å²) >= 11 is 3.40. The van der Waals surface area contributed by atoms with E-state index in [9.17, 15) is 0 Å². The molecule has 2 aromatic heterocycles. The number of aliphatic hydroxyl groups is 1. The van der Waals surface area contributed by atoms with E-state index in [1.165, 1.54) is 16.6 Å². The molecule has 0 aromatic carbocycles. The third-order valence-electron chi connectivity index (χ3n) is 2.84. The maximum Gasteiger partial charge on any atom is 0.126 e. The number of thioether (sulfide) groups is 1. The molecule has 0 saturated heterocycles. The van der Waals surface area contributed by atoms with Crippen molar-refractivity contribution in [1.82, 2.24) is 4.98 Å². The molecule has 3 nitrogen and oxygen atoms in total. The highest BCUT2D eigenvalue weighted by Gasteiger charge is 2.15. The minimum Gasteiger partial charge on any atom is -0.396 e. The molecule has 3 heterocycles. The number of aliphatic hydroxyl groups excluding tert-OH is 1. The summed E-state index contributed by atoms with van der Waals surface area (Å²) in [6.07, 6.45) is 5.08. The third kappa shape index (κ3) is 2.13. The van der Waals surface area contributed by atoms with E-state index >= 15 is 0 Å². The van der Waals surface area contributed by atoms with Gasteiger partial charge in [-0.3, -0.25) is 0 Å². The molecule has 0 fully saturated rings. The van der Waals surface area contributed by atoms with Crippen LogP contribution in [0.15, 0.2) is 22.5 Å². The van der Waals surface area contributed by atoms with Crippen LogP contribution in [-0.2, 0) is 0 Å². The number of nitrogens with one attached hydrogen (secondary N) is 1. The predicted octanol–water partition coefficient (Wildman–Crippen LogP) is 3.21. The Hall–Kier alpha value is -1.04. The fraction of sp³-hybridized carbons (Fsp3) is 0.308. The Morgan fingerprint density at radius 3 is 3.33 bits per heavy atom. The van der Waals surface area contributed by atoms with Gasteiger partial charge in [-0.15, -0.1) is 23.1 Å². The van der Waals surface area contributed by atoms with Gasteiger partial charge < -0.3 is 10.4 Å². The number of aromatic nitrogens is 1. The minimum atomic E-state index is 0.241. The maximum absolute atomic E-state index is 8.86. The van der Waals surface area contributed by atoms with Gasteiger partial charge in [-0.2, -0.15) is 0 Å². The number of rotatable bonds is 4. The van der Waals surface area contributed by atoms with Crippen molar-refractivity contribution in [3.05, 3.63) is 23.1 Å². The summed E-state index contributed by atoms with van der Waals surface area (Å²) in [5, 5.41) is 16.7. The molecule has 0 spiro atoms. The molecule has 2 N–H and O–H groups in total. The van der Waals surface area contributed by atoms with E-state index < -0.39 is 0 Å². The van der Waals surface area contributed by atoms with Crippen molar-refractivity contribution in [1.29, 1.82) is 0 Å². The molecule has 94 valence electrons. The number of nitrogens with zero attached hydrogens (tertiary/aromatic N) is 1. The number of thiophene rings is 1. The Kier molecular flexibility index (Phi) is 3.54. The third-order valence-corrected chi connectivity index (χ3v) is 4.72. The van der Waals surface area contributed by atoms with E-state index in [0.717, 1.165) is 28.6 Å². The summed E-state index contributed by atoms with van der Waals surface area (Å²) in [7, 11) is 0. The number of pyridine rings is 1. The highest BCUT2D eigenvalue weighted by molar-refractivity contribution is 7.99. The molecular weight excluding hydrogens is 264 g/mol. The lowest BCUT2D eigenvalue weighted by molar-refractivity contribution is 0.296. The average Bonchev–Trinajstić information content (AvgIpc) is 2.87. The first-order chi connectivity index (χ1) is 8.90. The Morgan fingerprint density at radius 2 is 2.44 bits per heavy atom. The van der Waals surface area contributed by atoms with Crippen LogP contribution in [0.5, 0.6) is 0 Å². The van der Waals surface area contributed by atoms with Gasteiger partial charge in [0.15, 0.2) is 0 Å². The molecule has 0 bridgehead atoms. The second-order valence-corrected chi connectivity index (χ2v) is 6.03. The fourth-order valence-corrected chi connectivity index (χ4v) is 3.79. The lowest BCUT2D eigenvalue weighted by Gasteiger charge is -2.17. The number of anilines is 1. The quantitative estimate of drug-likeness (QED) is 0.666. The first kappa shape index (κ1) is 12.0. The molecule has 1 aliphatic rings. The number of fused-ring (bicyclic) bond motifs is 3. The van der Waals surface area contributed by atoms with Crippen molar-refractivity contribution >= 4 is 45.1 Å². The molecule has 0 radical (unpaired) electrons. The summed E-state index contributed by atoms with van der Waals surface area (Å²) in [5.74, 6) is 0.903. The van der Waals surface area contributed by atoms with Gasteiger partial charge >= 0.3 is 0 Å². The summed E-state index contributed by atoms with van der Waals surface area (Å²) in [6.45, 7) is 1.12. The maximum atomic E-state index is 8.86. The lowest BCUT2D eigenvalue weighted by atomic mass is 10.1. The molecule has 0 aliphatic carbocycles. The van der Waals surface area contributed by atoms with Gasteiger partial charge in [0.2, 0.25) is 0 Å². The van der Waals surface area contributed by atoms with E-state index in [4.69, 9.17) is 10.1 Å². The Bertz CT molecular complexity index is 592. The Labute approximate surface area is 114 Å². The molecule has 0 saturated carbocycles. The normalized spacial score (nSPS) is 13.6. The van der Waals surface area contributed by atoms with Crippen molar-refractivity contribution in [3.8, 4) is 0 Å². The van der Waals surface area contributed by atoms with Crippen LogP contribution in [0.25, 0.3) is 16.3 Å². The van der Waals surface area contributed by atoms with Crippen molar-refractivity contribution in [2.45, 2.75) is 11.4 Å². The van der Waals surface area contributed by atoms with Crippen LogP contribution in [0.2, 0.25) is 0 Å². The molecule has 3 rings (SSSR count). The van der Waals surface area contributed by atoms with Crippen molar-refractivity contribution in [2.75, 3.05) is 24.2 Å². The van der Waals surface area contributed by atoms with Gasteiger partial charge in [-0.05, 0) is 17.9 Å². The van der Waals surface area contributed by atoms with Crippen molar-refractivity contribution in [3.63, 3.8) is 0 Å². The van der Waals surface area contributed by atoms with Crippen LogP contribution in [0.1, 0.15) is 12.0 Å². The van der Waals surface area contributed by atoms with Crippen molar-refractivity contribution < 1.29 is 5.11 Å². The Morgan fingerprint density at radius 1 is 1.50 bits per heavy atom. The van der Waals surface area contributed by atoms with Gasteiger partial charge in [0, 0.05) is 29.9 Å². The molecule has 0 unspecified atom stereocenters. The second-order valence-electron chi connectivity index (χ2n) is 4.05. The first-order valence-electron chi connectivity index (χ1n) is 5.95. The lowest BCUT2D eigenvalue weighted by Crippen LogP contribution is -2.06. The van der Waals surface area contributed by atoms with Gasteiger partial charge in [0.05, 0.1) is 5.69 Å². The SMILES string of the molecule is OCCCSc1nc2sccc2c2c1C=CCN2. The molecule has 0 atom stereocenters. The van der Waals surface area contributed by atoms with Crippen LogP contribution in [0, 0.1) is 0 Å². The van der Waals surface area contributed by atoms with Gasteiger partial charge in [-0.1, -0.05) is 12.2 Å². The van der Waals surface area contributed by atoms with E-state index in [0.29, 0.717) is 0 Å². The van der Waals surface area contributed by atoms with E-state index in [1.54, 1.807) is 23.1 Å². The molecule has 1 aliphatic heterocycles. The van der Waals surface area contributed by atoms with Gasteiger partial charge in [-0.25, -0.2) is 4.98 Å². The summed E-state index contributed by atoms with van der Waals surface area (Å²) in [6, 6.07) is 2.13. The molecule has 5 heteroatoms. The molecular formula is C13H14N2OS2. The van der Waals surface area contributed by atoms with Crippen LogP contribution in [0.3, 0.4) is 0 Å². The van der Waals surface area contributed by atoms with Crippen LogP contribution < -0.4 is 5.32 Å².